The number of carbonyl (C=O) groups excluding carboxylic acids is 1. The molecule has 0 heterocycles. The van der Waals surface area contributed by atoms with Crippen LogP contribution in [0.1, 0.15) is 0 Å². The van der Waals surface area contributed by atoms with Crippen LogP contribution in [0.3, 0.4) is 0 Å². The monoisotopic (exact) mass is 118 g/mol. The van der Waals surface area contributed by atoms with Crippen molar-refractivity contribution < 1.29 is 19.5 Å². The van der Waals surface area contributed by atoms with Gasteiger partial charge in [-0.1, -0.05) is 5.16 Å². The van der Waals surface area contributed by atoms with Gasteiger partial charge in [-0.3, -0.25) is 0 Å². The van der Waals surface area contributed by atoms with Gasteiger partial charge in [-0.05, 0) is 0 Å². The maximum atomic E-state index is 9.39. The molecule has 0 aliphatic carbocycles. The van der Waals surface area contributed by atoms with Crippen molar-refractivity contribution in [3.8, 4) is 0 Å². The molecule has 0 saturated carbocycles. The molecule has 0 fully saturated rings. The van der Waals surface area contributed by atoms with Crippen molar-refractivity contribution >= 4 is 12.6 Å². The molecule has 45 valence electrons. The molecule has 0 saturated heterocycles. The van der Waals surface area contributed by atoms with Crippen LogP contribution in [0.5, 0.6) is 0 Å². The summed E-state index contributed by atoms with van der Waals surface area (Å²) in [5.74, 6) is 0. The van der Waals surface area contributed by atoms with E-state index in [-0.39, 0.29) is 0 Å². The molecule has 5 nitrogen and oxygen atoms in total. The van der Waals surface area contributed by atoms with Gasteiger partial charge in [0.2, 0.25) is 6.40 Å². The molecule has 0 aromatic carbocycles. The van der Waals surface area contributed by atoms with E-state index in [1.54, 1.807) is 0 Å². The van der Waals surface area contributed by atoms with E-state index in [2.05, 4.69) is 14.7 Å². The Morgan fingerprint density at radius 2 is 2.38 bits per heavy atom. The Hall–Kier alpha value is -1.26. The number of hydrogen-bond donors (Lipinski definition) is 0. The summed E-state index contributed by atoms with van der Waals surface area (Å²) in [7, 11) is 1.26. The number of carbonyl (C=O) groups is 1. The van der Waals surface area contributed by atoms with Gasteiger partial charge in [0.15, 0.2) is 0 Å². The van der Waals surface area contributed by atoms with Crippen LogP contribution >= 0.6 is 0 Å². The first-order valence-corrected chi connectivity index (χ1v) is 1.70. The fraction of sp³-hybridized carbons (Fsp3) is 0.333. The molecule has 0 N–H and O–H groups in total. The lowest BCUT2D eigenvalue weighted by Gasteiger charge is -1.82. The first-order valence-electron chi connectivity index (χ1n) is 1.70. The third-order valence-corrected chi connectivity index (χ3v) is 0.297. The van der Waals surface area contributed by atoms with E-state index in [1.165, 1.54) is 7.11 Å². The average Bonchev–Trinajstić information content (AvgIpc) is 1.66. The summed E-state index contributed by atoms with van der Waals surface area (Å²) in [5.41, 5.74) is 0. The maximum Gasteiger partial charge on any atom is 0.556 e. The smallest absolute Gasteiger partial charge is 0.397 e. The van der Waals surface area contributed by atoms with E-state index in [0.717, 1.165) is 0 Å². The van der Waals surface area contributed by atoms with Crippen molar-refractivity contribution in [2.75, 3.05) is 7.11 Å². The van der Waals surface area contributed by atoms with Crippen molar-refractivity contribution in [2.45, 2.75) is 0 Å². The fourth-order valence-corrected chi connectivity index (χ4v) is 0.108. The van der Waals surface area contributed by atoms with Gasteiger partial charge in [-0.2, -0.15) is 9.90 Å². The molecular formula is C3H4NO4. The van der Waals surface area contributed by atoms with Gasteiger partial charge in [-0.25, -0.2) is 0 Å². The molecule has 0 aromatic rings. The van der Waals surface area contributed by atoms with Gasteiger partial charge in [0.05, 0.1) is 0 Å². The van der Waals surface area contributed by atoms with Gasteiger partial charge in [0.1, 0.15) is 7.11 Å². The lowest BCUT2D eigenvalue weighted by Crippen LogP contribution is -1.94. The Morgan fingerprint density at radius 1 is 1.75 bits per heavy atom. The Kier molecular flexibility index (Phi) is 3.30. The fourth-order valence-electron chi connectivity index (χ4n) is 0.108. The highest BCUT2D eigenvalue weighted by molar-refractivity contribution is 5.68. The number of ether oxygens (including phenoxy) is 1. The van der Waals surface area contributed by atoms with Gasteiger partial charge in [-0.15, -0.1) is 0 Å². The molecule has 0 atom stereocenters. The van der Waals surface area contributed by atoms with E-state index in [4.69, 9.17) is 0 Å². The van der Waals surface area contributed by atoms with Crippen LogP contribution in [0.4, 0.5) is 4.79 Å². The van der Waals surface area contributed by atoms with Crippen molar-refractivity contribution in [3.05, 3.63) is 0 Å². The zero-order chi connectivity index (χ0) is 6.41. The van der Waals surface area contributed by atoms with E-state index in [9.17, 15) is 9.90 Å². The zero-order valence-electron chi connectivity index (χ0n) is 4.16. The van der Waals surface area contributed by atoms with Crippen LogP contribution in [0.2, 0.25) is 0 Å². The summed E-state index contributed by atoms with van der Waals surface area (Å²) in [5, 5.41) is 12.3. The molecule has 0 spiro atoms. The quantitative estimate of drug-likeness (QED) is 0.224. The predicted molar refractivity (Wildman–Crippen MR) is 22.7 cm³/mol. The van der Waals surface area contributed by atoms with Gasteiger partial charge in [0, 0.05) is 0 Å². The number of oxime groups is 1. The molecule has 8 heavy (non-hydrogen) atoms. The van der Waals surface area contributed by atoms with Crippen LogP contribution in [0.25, 0.3) is 0 Å². The summed E-state index contributed by atoms with van der Waals surface area (Å²) in [6.07, 6.45) is -1.04. The largest absolute Gasteiger partial charge is 0.556 e. The summed E-state index contributed by atoms with van der Waals surface area (Å²) in [4.78, 5) is 13.4. The second-order valence-corrected chi connectivity index (χ2v) is 0.761. The standard InChI is InChI=1S/C3H4NO4/c1-7-4-2-8-3(5)6/h2H,1H3. The normalized spacial score (nSPS) is 9.12. The minimum atomic E-state index is -1.66. The first-order chi connectivity index (χ1) is 3.77. The topological polar surface area (TPSA) is 67.8 Å². The van der Waals surface area contributed by atoms with Gasteiger partial charge < -0.3 is 9.57 Å². The number of hydrogen-bond acceptors (Lipinski definition) is 4. The molecule has 0 rings (SSSR count). The van der Waals surface area contributed by atoms with E-state index in [0.29, 0.717) is 6.40 Å². The Balaban J connectivity index is 3.16. The summed E-state index contributed by atoms with van der Waals surface area (Å²) >= 11 is 0. The third kappa shape index (κ3) is 4.74. The molecule has 5 heteroatoms. The molecular weight excluding hydrogens is 114 g/mol. The summed E-state index contributed by atoms with van der Waals surface area (Å²) < 4.78 is 3.67. The van der Waals surface area contributed by atoms with Crippen LogP contribution in [-0.2, 0) is 14.7 Å². The average molecular weight is 118 g/mol. The molecule has 0 aliphatic heterocycles. The molecule has 0 unspecified atom stereocenters. The molecule has 1 radical (unpaired) electrons. The summed E-state index contributed by atoms with van der Waals surface area (Å²) in [6.45, 7) is 0. The number of nitrogens with zero attached hydrogens (tertiary/aromatic N) is 1. The predicted octanol–water partition coefficient (Wildman–Crippen LogP) is 0.143. The van der Waals surface area contributed by atoms with Gasteiger partial charge >= 0.3 is 6.16 Å². The number of rotatable bonds is 2. The lowest BCUT2D eigenvalue weighted by atomic mass is 11.3. The van der Waals surface area contributed by atoms with E-state index in [1.807, 2.05) is 0 Å². The van der Waals surface area contributed by atoms with E-state index >= 15 is 0 Å². The van der Waals surface area contributed by atoms with Crippen molar-refractivity contribution in [1.29, 1.82) is 0 Å². The highest BCUT2D eigenvalue weighted by atomic mass is 16.7. The highest BCUT2D eigenvalue weighted by Gasteiger charge is 1.92. The van der Waals surface area contributed by atoms with Crippen molar-refractivity contribution in [3.63, 3.8) is 0 Å². The third-order valence-electron chi connectivity index (χ3n) is 0.297. The van der Waals surface area contributed by atoms with Crippen LogP contribution in [-0.4, -0.2) is 19.7 Å². The summed E-state index contributed by atoms with van der Waals surface area (Å²) in [6, 6.07) is 0. The van der Waals surface area contributed by atoms with Crippen molar-refractivity contribution in [2.24, 2.45) is 5.16 Å². The SMILES string of the molecule is CON=COC([O])=O. The second-order valence-electron chi connectivity index (χ2n) is 0.761. The Bertz CT molecular complexity index is 99.5. The van der Waals surface area contributed by atoms with Crippen LogP contribution in [0, 0.1) is 0 Å². The van der Waals surface area contributed by atoms with E-state index < -0.39 is 6.16 Å². The Labute approximate surface area is 45.5 Å². The first kappa shape index (κ1) is 6.74. The lowest BCUT2D eigenvalue weighted by molar-refractivity contribution is 0.112. The molecule has 0 aliphatic rings. The van der Waals surface area contributed by atoms with Crippen LogP contribution < -0.4 is 0 Å². The molecule has 0 amide bonds. The highest BCUT2D eigenvalue weighted by Crippen LogP contribution is 1.70. The zero-order valence-corrected chi connectivity index (χ0v) is 4.16. The molecule has 0 aromatic heterocycles. The van der Waals surface area contributed by atoms with Crippen LogP contribution in [0.15, 0.2) is 5.16 Å². The molecule has 0 bridgehead atoms. The second kappa shape index (κ2) is 3.91. The minimum Gasteiger partial charge on any atom is -0.397 e. The maximum absolute atomic E-state index is 9.39. The van der Waals surface area contributed by atoms with Gasteiger partial charge in [0.25, 0.3) is 0 Å². The van der Waals surface area contributed by atoms with Crippen molar-refractivity contribution in [1.82, 2.24) is 0 Å². The minimum absolute atomic E-state index is 0.620. The Morgan fingerprint density at radius 3 is 2.75 bits per heavy atom.